The topological polar surface area (TPSA) is 86.3 Å². The Morgan fingerprint density at radius 1 is 1.08 bits per heavy atom. The summed E-state index contributed by atoms with van der Waals surface area (Å²) >= 11 is 0. The van der Waals surface area contributed by atoms with Crippen LogP contribution in [0, 0.1) is 0 Å². The molecular formula is C17H19N3O3S. The van der Waals surface area contributed by atoms with Gasteiger partial charge in [0.1, 0.15) is 10.5 Å². The quantitative estimate of drug-likeness (QED) is 0.683. The highest BCUT2D eigenvalue weighted by Crippen LogP contribution is 2.24. The molecule has 2 heterocycles. The molecule has 0 aliphatic rings. The predicted molar refractivity (Wildman–Crippen MR) is 92.1 cm³/mol. The van der Waals surface area contributed by atoms with Gasteiger partial charge < -0.3 is 10.1 Å². The smallest absolute Gasteiger partial charge is 0.245 e. The van der Waals surface area contributed by atoms with Crippen LogP contribution in [0.15, 0.2) is 59.8 Å². The molecule has 126 valence electrons. The molecule has 0 aliphatic carbocycles. The zero-order valence-corrected chi connectivity index (χ0v) is 13.9. The Labute approximate surface area is 140 Å². The molecule has 0 radical (unpaired) electrons. The standard InChI is InChI=1S/C17H19N3O3S/c21-12-11-20(10-8-14-5-2-1-3-6-14)24(22,23)16-13-19-17-15(16)7-4-9-18-17/h1-7,9,13,21H,8,10-12H2,(H,18,19). The first-order valence-electron chi connectivity index (χ1n) is 7.70. The van der Waals surface area contributed by atoms with Gasteiger partial charge >= 0.3 is 0 Å². The van der Waals surface area contributed by atoms with Crippen LogP contribution in [0.25, 0.3) is 11.0 Å². The highest BCUT2D eigenvalue weighted by molar-refractivity contribution is 7.89. The van der Waals surface area contributed by atoms with Crippen LogP contribution in [0.2, 0.25) is 0 Å². The molecule has 0 fully saturated rings. The fourth-order valence-corrected chi connectivity index (χ4v) is 4.23. The normalized spacial score (nSPS) is 12.1. The fraction of sp³-hybridized carbons (Fsp3) is 0.235. The molecule has 3 aromatic rings. The van der Waals surface area contributed by atoms with Crippen molar-refractivity contribution in [1.29, 1.82) is 0 Å². The molecule has 0 unspecified atom stereocenters. The Morgan fingerprint density at radius 2 is 1.88 bits per heavy atom. The number of hydrogen-bond donors (Lipinski definition) is 2. The first-order chi connectivity index (χ1) is 11.6. The van der Waals surface area contributed by atoms with Crippen molar-refractivity contribution in [3.63, 3.8) is 0 Å². The summed E-state index contributed by atoms with van der Waals surface area (Å²) in [5.41, 5.74) is 1.58. The monoisotopic (exact) mass is 345 g/mol. The van der Waals surface area contributed by atoms with Crippen LogP contribution in [-0.4, -0.2) is 47.5 Å². The van der Waals surface area contributed by atoms with E-state index in [0.29, 0.717) is 24.0 Å². The highest BCUT2D eigenvalue weighted by atomic mass is 32.2. The minimum Gasteiger partial charge on any atom is -0.395 e. The number of nitrogens with zero attached hydrogens (tertiary/aromatic N) is 2. The maximum atomic E-state index is 13.0. The number of fused-ring (bicyclic) bond motifs is 1. The van der Waals surface area contributed by atoms with Crippen molar-refractivity contribution in [2.45, 2.75) is 11.3 Å². The predicted octanol–water partition coefficient (Wildman–Crippen LogP) is 1.79. The van der Waals surface area contributed by atoms with Crippen molar-refractivity contribution in [3.05, 3.63) is 60.4 Å². The van der Waals surface area contributed by atoms with E-state index in [1.54, 1.807) is 18.3 Å². The Kier molecular flexibility index (Phi) is 4.94. The second-order valence-electron chi connectivity index (χ2n) is 5.42. The number of aromatic amines is 1. The maximum absolute atomic E-state index is 13.0. The van der Waals surface area contributed by atoms with E-state index in [0.717, 1.165) is 5.56 Å². The van der Waals surface area contributed by atoms with Gasteiger partial charge in [0.25, 0.3) is 0 Å². The number of nitrogens with one attached hydrogen (secondary N) is 1. The second-order valence-corrected chi connectivity index (χ2v) is 7.32. The molecular weight excluding hydrogens is 326 g/mol. The van der Waals surface area contributed by atoms with E-state index in [-0.39, 0.29) is 18.0 Å². The molecule has 0 bridgehead atoms. The zero-order valence-electron chi connectivity index (χ0n) is 13.1. The van der Waals surface area contributed by atoms with Crippen LogP contribution in [0.1, 0.15) is 5.56 Å². The Balaban J connectivity index is 1.89. The SMILES string of the molecule is O=S(=O)(c1c[nH]c2ncccc12)N(CCO)CCc1ccccc1. The Hall–Kier alpha value is -2.22. The van der Waals surface area contributed by atoms with E-state index in [1.165, 1.54) is 10.5 Å². The molecule has 0 amide bonds. The summed E-state index contributed by atoms with van der Waals surface area (Å²) in [4.78, 5) is 7.20. The van der Waals surface area contributed by atoms with Crippen LogP contribution < -0.4 is 0 Å². The van der Waals surface area contributed by atoms with Gasteiger partial charge in [0, 0.05) is 30.9 Å². The van der Waals surface area contributed by atoms with E-state index >= 15 is 0 Å². The molecule has 7 heteroatoms. The third-order valence-corrected chi connectivity index (χ3v) is 5.81. The van der Waals surface area contributed by atoms with Gasteiger partial charge in [-0.05, 0) is 24.1 Å². The number of aliphatic hydroxyl groups excluding tert-OH is 1. The lowest BCUT2D eigenvalue weighted by Gasteiger charge is -2.21. The van der Waals surface area contributed by atoms with Crippen molar-refractivity contribution >= 4 is 21.1 Å². The number of pyridine rings is 1. The van der Waals surface area contributed by atoms with Gasteiger partial charge in [-0.3, -0.25) is 0 Å². The summed E-state index contributed by atoms with van der Waals surface area (Å²) in [5, 5.41) is 9.84. The molecule has 6 nitrogen and oxygen atoms in total. The first kappa shape index (κ1) is 16.6. The van der Waals surface area contributed by atoms with Gasteiger partial charge in [-0.1, -0.05) is 30.3 Å². The highest BCUT2D eigenvalue weighted by Gasteiger charge is 2.26. The molecule has 2 aromatic heterocycles. The van der Waals surface area contributed by atoms with Crippen molar-refractivity contribution < 1.29 is 13.5 Å². The molecule has 0 atom stereocenters. The van der Waals surface area contributed by atoms with Crippen LogP contribution in [-0.2, 0) is 16.4 Å². The van der Waals surface area contributed by atoms with Gasteiger partial charge in [0.2, 0.25) is 10.0 Å². The molecule has 1 aromatic carbocycles. The van der Waals surface area contributed by atoms with Crippen LogP contribution in [0.3, 0.4) is 0 Å². The number of H-pyrrole nitrogens is 1. The summed E-state index contributed by atoms with van der Waals surface area (Å²) in [6.07, 6.45) is 3.65. The lowest BCUT2D eigenvalue weighted by molar-refractivity contribution is 0.254. The largest absolute Gasteiger partial charge is 0.395 e. The third-order valence-electron chi connectivity index (χ3n) is 3.87. The molecule has 0 saturated carbocycles. The number of sulfonamides is 1. The van der Waals surface area contributed by atoms with Crippen LogP contribution in [0.4, 0.5) is 0 Å². The van der Waals surface area contributed by atoms with Crippen LogP contribution in [0.5, 0.6) is 0 Å². The van der Waals surface area contributed by atoms with E-state index < -0.39 is 10.0 Å². The van der Waals surface area contributed by atoms with E-state index in [4.69, 9.17) is 0 Å². The first-order valence-corrected chi connectivity index (χ1v) is 9.14. The van der Waals surface area contributed by atoms with Gasteiger partial charge in [-0.2, -0.15) is 4.31 Å². The fourth-order valence-electron chi connectivity index (χ4n) is 2.65. The third kappa shape index (κ3) is 3.33. The summed E-state index contributed by atoms with van der Waals surface area (Å²) in [7, 11) is -3.71. The van der Waals surface area contributed by atoms with E-state index in [1.807, 2.05) is 30.3 Å². The number of aliphatic hydroxyl groups is 1. The molecule has 3 rings (SSSR count). The molecule has 24 heavy (non-hydrogen) atoms. The van der Waals surface area contributed by atoms with Crippen molar-refractivity contribution in [2.24, 2.45) is 0 Å². The lowest BCUT2D eigenvalue weighted by atomic mass is 10.1. The van der Waals surface area contributed by atoms with Crippen LogP contribution >= 0.6 is 0 Å². The average molecular weight is 345 g/mol. The zero-order chi connectivity index (χ0) is 17.0. The summed E-state index contributed by atoms with van der Waals surface area (Å²) in [6, 6.07) is 13.1. The second kappa shape index (κ2) is 7.12. The maximum Gasteiger partial charge on any atom is 0.245 e. The van der Waals surface area contributed by atoms with E-state index in [9.17, 15) is 13.5 Å². The van der Waals surface area contributed by atoms with Crippen molar-refractivity contribution in [2.75, 3.05) is 19.7 Å². The molecule has 0 saturated heterocycles. The number of benzene rings is 1. The van der Waals surface area contributed by atoms with Crippen molar-refractivity contribution in [1.82, 2.24) is 14.3 Å². The van der Waals surface area contributed by atoms with Gasteiger partial charge in [0.15, 0.2) is 0 Å². The van der Waals surface area contributed by atoms with Gasteiger partial charge in [-0.15, -0.1) is 0 Å². The Morgan fingerprint density at radius 3 is 2.62 bits per heavy atom. The minimum absolute atomic E-state index is 0.0576. The molecule has 0 spiro atoms. The van der Waals surface area contributed by atoms with E-state index in [2.05, 4.69) is 9.97 Å². The van der Waals surface area contributed by atoms with Crippen molar-refractivity contribution in [3.8, 4) is 0 Å². The summed E-state index contributed by atoms with van der Waals surface area (Å²) in [6.45, 7) is 0.135. The average Bonchev–Trinajstić information content (AvgIpc) is 3.04. The minimum atomic E-state index is -3.71. The number of aromatic nitrogens is 2. The van der Waals surface area contributed by atoms with Gasteiger partial charge in [-0.25, -0.2) is 13.4 Å². The number of rotatable bonds is 7. The van der Waals surface area contributed by atoms with Gasteiger partial charge in [0.05, 0.1) is 6.61 Å². The summed E-state index contributed by atoms with van der Waals surface area (Å²) < 4.78 is 27.3. The molecule has 2 N–H and O–H groups in total. The lowest BCUT2D eigenvalue weighted by Crippen LogP contribution is -2.35. The summed E-state index contributed by atoms with van der Waals surface area (Å²) in [5.74, 6) is 0. The molecule has 0 aliphatic heterocycles. The Bertz CT molecular complexity index is 907. The number of hydrogen-bond acceptors (Lipinski definition) is 4.